The van der Waals surface area contributed by atoms with Crippen molar-refractivity contribution in [2.24, 2.45) is 5.73 Å². The summed E-state index contributed by atoms with van der Waals surface area (Å²) in [6, 6.07) is 0.579. The minimum Gasteiger partial charge on any atom is -0.329 e. The Morgan fingerprint density at radius 3 is 2.29 bits per heavy atom. The molecule has 0 bridgehead atoms. The lowest BCUT2D eigenvalue weighted by Gasteiger charge is -2.23. The molecular formula is C11H15ClF4N2O2S. The molecule has 0 aliphatic carbocycles. The fourth-order valence-corrected chi connectivity index (χ4v) is 2.88. The van der Waals surface area contributed by atoms with Gasteiger partial charge in [-0.05, 0) is 25.1 Å². The number of likely N-dealkylation sites (N-methyl/N-ethyl adjacent to an activating group) is 1. The van der Waals surface area contributed by atoms with Gasteiger partial charge in [-0.1, -0.05) is 0 Å². The molecule has 0 heterocycles. The highest BCUT2D eigenvalue weighted by Gasteiger charge is 2.34. The number of hydrogen-bond donors (Lipinski definition) is 1. The first kappa shape index (κ1) is 20.1. The van der Waals surface area contributed by atoms with Crippen molar-refractivity contribution in [2.45, 2.75) is 24.0 Å². The van der Waals surface area contributed by atoms with Crippen molar-refractivity contribution in [3.05, 3.63) is 29.6 Å². The van der Waals surface area contributed by atoms with Crippen LogP contribution in [0.15, 0.2) is 23.1 Å². The smallest absolute Gasteiger partial charge is 0.329 e. The van der Waals surface area contributed by atoms with Crippen molar-refractivity contribution in [1.82, 2.24) is 4.31 Å². The van der Waals surface area contributed by atoms with Crippen LogP contribution in [0.25, 0.3) is 0 Å². The molecule has 0 fully saturated rings. The number of halogens is 5. The molecule has 2 N–H and O–H groups in total. The lowest BCUT2D eigenvalue weighted by Crippen LogP contribution is -2.40. The molecule has 0 spiro atoms. The number of rotatable bonds is 4. The second-order valence-corrected chi connectivity index (χ2v) is 6.21. The van der Waals surface area contributed by atoms with Gasteiger partial charge in [0.25, 0.3) is 0 Å². The summed E-state index contributed by atoms with van der Waals surface area (Å²) in [5.74, 6) is -1.24. The molecule has 0 aliphatic heterocycles. The van der Waals surface area contributed by atoms with E-state index < -0.39 is 38.5 Å². The minimum absolute atomic E-state index is 0. The second-order valence-electron chi connectivity index (χ2n) is 4.25. The Morgan fingerprint density at radius 2 is 1.86 bits per heavy atom. The molecule has 1 aromatic carbocycles. The summed E-state index contributed by atoms with van der Waals surface area (Å²) in [7, 11) is -3.25. The molecule has 122 valence electrons. The van der Waals surface area contributed by atoms with Crippen LogP contribution in [0, 0.1) is 5.82 Å². The molecule has 0 aliphatic rings. The van der Waals surface area contributed by atoms with Gasteiger partial charge in [-0.2, -0.15) is 17.5 Å². The first-order valence-electron chi connectivity index (χ1n) is 5.56. The Labute approximate surface area is 126 Å². The average molecular weight is 351 g/mol. The van der Waals surface area contributed by atoms with Crippen LogP contribution in [0.4, 0.5) is 17.6 Å². The summed E-state index contributed by atoms with van der Waals surface area (Å²) in [6.45, 7) is 1.42. The molecule has 10 heteroatoms. The van der Waals surface area contributed by atoms with E-state index in [-0.39, 0.29) is 25.0 Å². The fraction of sp³-hybridized carbons (Fsp3) is 0.455. The number of alkyl halides is 3. The van der Waals surface area contributed by atoms with Crippen LogP contribution in [-0.4, -0.2) is 32.4 Å². The summed E-state index contributed by atoms with van der Waals surface area (Å²) < 4.78 is 76.2. The molecule has 0 aromatic heterocycles. The predicted molar refractivity (Wildman–Crippen MR) is 72.1 cm³/mol. The third-order valence-electron chi connectivity index (χ3n) is 2.88. The van der Waals surface area contributed by atoms with Crippen LogP contribution < -0.4 is 5.73 Å². The molecule has 1 aromatic rings. The minimum atomic E-state index is -4.75. The van der Waals surface area contributed by atoms with Gasteiger partial charge in [0.1, 0.15) is 10.7 Å². The van der Waals surface area contributed by atoms with E-state index in [2.05, 4.69) is 0 Å². The van der Waals surface area contributed by atoms with Gasteiger partial charge < -0.3 is 5.73 Å². The Hall–Kier alpha value is -0.900. The standard InChI is InChI=1S/C11H14F4N2O2S.ClH/c1-7(6-16)17(2)20(18,19)10-5-8(11(13,14)15)3-4-9(10)12;/h3-5,7H,6,16H2,1-2H3;1H. The summed E-state index contributed by atoms with van der Waals surface area (Å²) >= 11 is 0. The van der Waals surface area contributed by atoms with Crippen LogP contribution in [0.2, 0.25) is 0 Å². The highest BCUT2D eigenvalue weighted by atomic mass is 35.5. The van der Waals surface area contributed by atoms with Gasteiger partial charge in [0.05, 0.1) is 5.56 Å². The summed E-state index contributed by atoms with van der Waals surface area (Å²) in [4.78, 5) is -1.02. The third-order valence-corrected chi connectivity index (χ3v) is 4.86. The summed E-state index contributed by atoms with van der Waals surface area (Å²) in [6.07, 6.45) is -4.75. The van der Waals surface area contributed by atoms with Crippen LogP contribution in [0.1, 0.15) is 12.5 Å². The normalized spacial score (nSPS) is 13.9. The van der Waals surface area contributed by atoms with E-state index >= 15 is 0 Å². The number of sulfonamides is 1. The Bertz CT molecular complexity index is 592. The Balaban J connectivity index is 0.00000400. The van der Waals surface area contributed by atoms with Crippen molar-refractivity contribution < 1.29 is 26.0 Å². The van der Waals surface area contributed by atoms with Crippen molar-refractivity contribution >= 4 is 22.4 Å². The lowest BCUT2D eigenvalue weighted by atomic mass is 10.2. The number of nitrogens with two attached hydrogens (primary N) is 1. The van der Waals surface area contributed by atoms with Crippen LogP contribution in [0.5, 0.6) is 0 Å². The second kappa shape index (κ2) is 6.91. The maximum atomic E-state index is 13.6. The first-order chi connectivity index (χ1) is 9.01. The van der Waals surface area contributed by atoms with Crippen molar-refractivity contribution in [1.29, 1.82) is 0 Å². The zero-order valence-corrected chi connectivity index (χ0v) is 12.8. The van der Waals surface area contributed by atoms with E-state index in [1.54, 1.807) is 0 Å². The fourth-order valence-electron chi connectivity index (χ4n) is 1.42. The lowest BCUT2D eigenvalue weighted by molar-refractivity contribution is -0.137. The molecule has 1 atom stereocenters. The largest absolute Gasteiger partial charge is 0.416 e. The zero-order chi connectivity index (χ0) is 15.7. The van der Waals surface area contributed by atoms with E-state index in [1.807, 2.05) is 0 Å². The molecule has 4 nitrogen and oxygen atoms in total. The van der Waals surface area contributed by atoms with Crippen molar-refractivity contribution in [3.63, 3.8) is 0 Å². The monoisotopic (exact) mass is 350 g/mol. The average Bonchev–Trinajstić information content (AvgIpc) is 2.35. The first-order valence-corrected chi connectivity index (χ1v) is 7.00. The quantitative estimate of drug-likeness (QED) is 0.847. The van der Waals surface area contributed by atoms with Crippen molar-refractivity contribution in [2.75, 3.05) is 13.6 Å². The van der Waals surface area contributed by atoms with E-state index in [0.717, 1.165) is 11.4 Å². The molecule has 0 radical (unpaired) electrons. The molecule has 0 saturated carbocycles. The highest BCUT2D eigenvalue weighted by molar-refractivity contribution is 7.89. The van der Waals surface area contributed by atoms with E-state index in [1.165, 1.54) is 6.92 Å². The van der Waals surface area contributed by atoms with Crippen LogP contribution in [0.3, 0.4) is 0 Å². The van der Waals surface area contributed by atoms with Gasteiger partial charge in [0.15, 0.2) is 0 Å². The van der Waals surface area contributed by atoms with Gasteiger partial charge in [0.2, 0.25) is 10.0 Å². The van der Waals surface area contributed by atoms with Gasteiger partial charge >= 0.3 is 6.18 Å². The maximum Gasteiger partial charge on any atom is 0.416 e. The molecule has 1 rings (SSSR count). The molecule has 0 saturated heterocycles. The van der Waals surface area contributed by atoms with E-state index in [0.29, 0.717) is 12.1 Å². The summed E-state index contributed by atoms with van der Waals surface area (Å²) in [5, 5.41) is 0. The van der Waals surface area contributed by atoms with Gasteiger partial charge in [0, 0.05) is 19.6 Å². The zero-order valence-electron chi connectivity index (χ0n) is 11.2. The number of benzene rings is 1. The summed E-state index contributed by atoms with van der Waals surface area (Å²) in [5.41, 5.74) is 4.07. The molecule has 0 amide bonds. The topological polar surface area (TPSA) is 63.4 Å². The predicted octanol–water partition coefficient (Wildman–Crippen LogP) is 2.23. The van der Waals surface area contributed by atoms with Crippen molar-refractivity contribution in [3.8, 4) is 0 Å². The van der Waals surface area contributed by atoms with Gasteiger partial charge in [-0.3, -0.25) is 0 Å². The van der Waals surface area contributed by atoms with Gasteiger partial charge in [-0.15, -0.1) is 12.4 Å². The van der Waals surface area contributed by atoms with E-state index in [4.69, 9.17) is 5.73 Å². The third kappa shape index (κ3) is 4.29. The molecule has 21 heavy (non-hydrogen) atoms. The SMILES string of the molecule is CC(CN)N(C)S(=O)(=O)c1cc(C(F)(F)F)ccc1F.Cl. The van der Waals surface area contributed by atoms with Crippen LogP contribution >= 0.6 is 12.4 Å². The molecule has 1 unspecified atom stereocenters. The Morgan fingerprint density at radius 1 is 1.33 bits per heavy atom. The maximum absolute atomic E-state index is 13.6. The van der Waals surface area contributed by atoms with Gasteiger partial charge in [-0.25, -0.2) is 12.8 Å². The highest BCUT2D eigenvalue weighted by Crippen LogP contribution is 2.32. The Kier molecular flexibility index (Phi) is 6.61. The van der Waals surface area contributed by atoms with Crippen LogP contribution in [-0.2, 0) is 16.2 Å². The van der Waals surface area contributed by atoms with E-state index in [9.17, 15) is 26.0 Å². The number of hydrogen-bond acceptors (Lipinski definition) is 3. The number of nitrogens with zero attached hydrogens (tertiary/aromatic N) is 1. The molecular weight excluding hydrogens is 336 g/mol.